The van der Waals surface area contributed by atoms with E-state index in [9.17, 15) is 13.2 Å². The molecule has 0 radical (unpaired) electrons. The summed E-state index contributed by atoms with van der Waals surface area (Å²) in [7, 11) is 0. The van der Waals surface area contributed by atoms with Crippen LogP contribution in [0.15, 0.2) is 47.8 Å². The van der Waals surface area contributed by atoms with Gasteiger partial charge in [0.2, 0.25) is 5.95 Å². The van der Waals surface area contributed by atoms with E-state index >= 15 is 0 Å². The van der Waals surface area contributed by atoms with Crippen LogP contribution in [0, 0.1) is 6.92 Å². The normalized spacial score (nSPS) is 11.8. The Labute approximate surface area is 146 Å². The number of ether oxygens (including phenoxy) is 1. The van der Waals surface area contributed by atoms with Crippen LogP contribution < -0.4 is 10.5 Å². The van der Waals surface area contributed by atoms with Gasteiger partial charge in [0.1, 0.15) is 5.75 Å². The van der Waals surface area contributed by atoms with Crippen LogP contribution in [0.4, 0.5) is 19.1 Å². The lowest BCUT2D eigenvalue weighted by atomic mass is 10.2. The highest BCUT2D eigenvalue weighted by Gasteiger charge is 2.33. The van der Waals surface area contributed by atoms with Crippen LogP contribution in [0.1, 0.15) is 17.0 Å². The number of aromatic nitrogens is 4. The fourth-order valence-corrected chi connectivity index (χ4v) is 2.05. The van der Waals surface area contributed by atoms with E-state index in [0.29, 0.717) is 11.3 Å². The van der Waals surface area contributed by atoms with E-state index in [2.05, 4.69) is 20.1 Å². The summed E-state index contributed by atoms with van der Waals surface area (Å²) >= 11 is 0. The minimum atomic E-state index is -4.58. The van der Waals surface area contributed by atoms with Crippen molar-refractivity contribution in [2.24, 2.45) is 5.10 Å². The number of halogens is 3. The quantitative estimate of drug-likeness (QED) is 0.720. The molecule has 0 amide bonds. The molecule has 2 heterocycles. The lowest BCUT2D eigenvalue weighted by Gasteiger charge is -2.09. The summed E-state index contributed by atoms with van der Waals surface area (Å²) in [5, 5.41) is 4.16. The summed E-state index contributed by atoms with van der Waals surface area (Å²) in [4.78, 5) is 11.1. The maximum absolute atomic E-state index is 12.7. The Kier molecular flexibility index (Phi) is 4.57. The molecule has 3 rings (SSSR count). The second-order valence-electron chi connectivity index (χ2n) is 5.19. The average molecular weight is 362 g/mol. The van der Waals surface area contributed by atoms with Gasteiger partial charge in [-0.2, -0.15) is 23.3 Å². The van der Waals surface area contributed by atoms with Gasteiger partial charge in [-0.3, -0.25) is 0 Å². The monoisotopic (exact) mass is 362 g/mol. The standard InChI is InChI=1S/C16H13F3N6O/c1-10-9-25(14(20)23-10)22-8-11-4-2-3-5-12(11)26-15-21-7-6-13(24-15)16(17,18)19/h2-9H,1H3,(H2,20,23). The lowest BCUT2D eigenvalue weighted by Crippen LogP contribution is -2.09. The Hall–Kier alpha value is -3.43. The third kappa shape index (κ3) is 3.97. The highest BCUT2D eigenvalue weighted by Crippen LogP contribution is 2.29. The lowest BCUT2D eigenvalue weighted by molar-refractivity contribution is -0.141. The van der Waals surface area contributed by atoms with E-state index in [1.54, 1.807) is 37.4 Å². The van der Waals surface area contributed by atoms with Crippen molar-refractivity contribution >= 4 is 12.2 Å². The van der Waals surface area contributed by atoms with Crippen molar-refractivity contribution in [3.05, 3.63) is 59.7 Å². The van der Waals surface area contributed by atoms with E-state index < -0.39 is 17.9 Å². The number of nitrogens with zero attached hydrogens (tertiary/aromatic N) is 5. The topological polar surface area (TPSA) is 91.2 Å². The molecule has 0 bridgehead atoms. The van der Waals surface area contributed by atoms with Crippen molar-refractivity contribution < 1.29 is 17.9 Å². The summed E-state index contributed by atoms with van der Waals surface area (Å²) in [6.07, 6.45) is -0.526. The molecular weight excluding hydrogens is 349 g/mol. The Bertz CT molecular complexity index is 951. The van der Waals surface area contributed by atoms with Gasteiger partial charge in [-0.15, -0.1) is 0 Å². The predicted molar refractivity (Wildman–Crippen MR) is 87.9 cm³/mol. The molecule has 7 nitrogen and oxygen atoms in total. The number of para-hydroxylation sites is 1. The van der Waals surface area contributed by atoms with Crippen LogP contribution in [-0.4, -0.2) is 25.8 Å². The number of nitrogen functional groups attached to an aromatic ring is 1. The van der Waals surface area contributed by atoms with Gasteiger partial charge < -0.3 is 10.5 Å². The van der Waals surface area contributed by atoms with Crippen LogP contribution in [0.2, 0.25) is 0 Å². The molecule has 0 unspecified atom stereocenters. The highest BCUT2D eigenvalue weighted by molar-refractivity contribution is 5.83. The number of anilines is 1. The van der Waals surface area contributed by atoms with Crippen molar-refractivity contribution in [3.8, 4) is 11.8 Å². The van der Waals surface area contributed by atoms with Gasteiger partial charge in [0.05, 0.1) is 18.1 Å². The summed E-state index contributed by atoms with van der Waals surface area (Å²) in [5.41, 5.74) is 5.81. The Morgan fingerprint density at radius 1 is 1.19 bits per heavy atom. The SMILES string of the molecule is Cc1cn(N=Cc2ccccc2Oc2nccc(C(F)(F)F)n2)c(N)n1. The number of rotatable bonds is 4. The Morgan fingerprint density at radius 3 is 2.65 bits per heavy atom. The average Bonchev–Trinajstić information content (AvgIpc) is 2.91. The van der Waals surface area contributed by atoms with Crippen molar-refractivity contribution in [2.45, 2.75) is 13.1 Å². The van der Waals surface area contributed by atoms with Gasteiger partial charge in [-0.05, 0) is 25.1 Å². The molecule has 0 aliphatic heterocycles. The van der Waals surface area contributed by atoms with Crippen LogP contribution in [0.5, 0.6) is 11.8 Å². The van der Waals surface area contributed by atoms with Gasteiger partial charge in [-0.25, -0.2) is 14.6 Å². The second kappa shape index (κ2) is 6.82. The molecule has 0 aliphatic carbocycles. The molecule has 0 fully saturated rings. The van der Waals surface area contributed by atoms with Gasteiger partial charge in [0, 0.05) is 11.8 Å². The number of nitrogens with two attached hydrogens (primary N) is 1. The second-order valence-corrected chi connectivity index (χ2v) is 5.19. The van der Waals surface area contributed by atoms with Crippen molar-refractivity contribution in [2.75, 3.05) is 5.73 Å². The van der Waals surface area contributed by atoms with Crippen molar-refractivity contribution in [3.63, 3.8) is 0 Å². The van der Waals surface area contributed by atoms with E-state index in [4.69, 9.17) is 10.5 Å². The van der Waals surface area contributed by atoms with E-state index in [1.165, 1.54) is 10.9 Å². The first-order chi connectivity index (χ1) is 12.3. The molecule has 10 heteroatoms. The molecule has 0 aliphatic rings. The fraction of sp³-hybridized carbons (Fsp3) is 0.125. The number of hydrogen-bond donors (Lipinski definition) is 1. The minimum Gasteiger partial charge on any atom is -0.424 e. The van der Waals surface area contributed by atoms with Crippen LogP contribution >= 0.6 is 0 Å². The molecule has 1 aromatic carbocycles. The maximum Gasteiger partial charge on any atom is 0.433 e. The third-order valence-corrected chi connectivity index (χ3v) is 3.20. The van der Waals surface area contributed by atoms with E-state index in [1.807, 2.05) is 0 Å². The van der Waals surface area contributed by atoms with Crippen LogP contribution in [0.3, 0.4) is 0 Å². The van der Waals surface area contributed by atoms with Crippen molar-refractivity contribution in [1.29, 1.82) is 0 Å². The van der Waals surface area contributed by atoms with Crippen LogP contribution in [-0.2, 0) is 6.18 Å². The summed E-state index contributed by atoms with van der Waals surface area (Å²) in [6, 6.07) is 6.97. The number of hydrogen-bond acceptors (Lipinski definition) is 6. The largest absolute Gasteiger partial charge is 0.433 e. The van der Waals surface area contributed by atoms with Gasteiger partial charge >= 0.3 is 12.2 Å². The molecule has 26 heavy (non-hydrogen) atoms. The summed E-state index contributed by atoms with van der Waals surface area (Å²) in [5.74, 6) is 0.448. The van der Waals surface area contributed by atoms with Crippen LogP contribution in [0.25, 0.3) is 0 Å². The molecular formula is C16H13F3N6O. The zero-order valence-electron chi connectivity index (χ0n) is 13.5. The number of aryl methyl sites for hydroxylation is 1. The highest BCUT2D eigenvalue weighted by atomic mass is 19.4. The number of alkyl halides is 3. The molecule has 0 saturated heterocycles. The maximum atomic E-state index is 12.7. The predicted octanol–water partition coefficient (Wildman–Crippen LogP) is 3.26. The first kappa shape index (κ1) is 17.4. The minimum absolute atomic E-state index is 0.207. The fourth-order valence-electron chi connectivity index (χ4n) is 2.05. The summed E-state index contributed by atoms with van der Waals surface area (Å²) < 4.78 is 45.0. The third-order valence-electron chi connectivity index (χ3n) is 3.20. The molecule has 0 atom stereocenters. The molecule has 0 spiro atoms. The van der Waals surface area contributed by atoms with Crippen molar-refractivity contribution in [1.82, 2.24) is 19.6 Å². The number of benzene rings is 1. The van der Waals surface area contributed by atoms with E-state index in [0.717, 1.165) is 12.3 Å². The van der Waals surface area contributed by atoms with E-state index in [-0.39, 0.29) is 11.7 Å². The van der Waals surface area contributed by atoms with Gasteiger partial charge in [0.15, 0.2) is 5.69 Å². The first-order valence-corrected chi connectivity index (χ1v) is 7.36. The zero-order valence-corrected chi connectivity index (χ0v) is 13.5. The molecule has 2 N–H and O–H groups in total. The smallest absolute Gasteiger partial charge is 0.424 e. The Balaban J connectivity index is 1.87. The first-order valence-electron chi connectivity index (χ1n) is 7.36. The molecule has 3 aromatic rings. The molecule has 2 aromatic heterocycles. The zero-order chi connectivity index (χ0) is 18.7. The van der Waals surface area contributed by atoms with Gasteiger partial charge in [-0.1, -0.05) is 12.1 Å². The number of imidazole rings is 1. The van der Waals surface area contributed by atoms with Gasteiger partial charge in [0.25, 0.3) is 0 Å². The molecule has 134 valence electrons. The Morgan fingerprint density at radius 2 is 1.96 bits per heavy atom. The molecule has 0 saturated carbocycles. The summed E-state index contributed by atoms with van der Waals surface area (Å²) in [6.45, 7) is 1.77.